The summed E-state index contributed by atoms with van der Waals surface area (Å²) in [6, 6.07) is 1.02. The van der Waals surface area contributed by atoms with E-state index in [0.29, 0.717) is 0 Å². The van der Waals surface area contributed by atoms with E-state index in [9.17, 15) is 13.2 Å². The molecule has 0 radical (unpaired) electrons. The van der Waals surface area contributed by atoms with Crippen molar-refractivity contribution >= 4 is 15.9 Å². The molecule has 2 nitrogen and oxygen atoms in total. The van der Waals surface area contributed by atoms with E-state index in [4.69, 9.17) is 5.11 Å². The largest absolute Gasteiger partial charge is 0.391 e. The molecule has 0 aromatic carbocycles. The molecule has 0 amide bonds. The van der Waals surface area contributed by atoms with Crippen LogP contribution < -0.4 is 0 Å². The van der Waals surface area contributed by atoms with Crippen LogP contribution in [0.4, 0.5) is 13.2 Å². The van der Waals surface area contributed by atoms with Gasteiger partial charge in [-0.1, -0.05) is 15.9 Å². The molecule has 14 heavy (non-hydrogen) atoms. The number of halogens is 4. The van der Waals surface area contributed by atoms with E-state index in [1.165, 1.54) is 0 Å². The Balaban J connectivity index is 3.28. The number of pyridine rings is 1. The number of hydrogen-bond acceptors (Lipinski definition) is 2. The lowest BCUT2D eigenvalue weighted by Gasteiger charge is -2.08. The van der Waals surface area contributed by atoms with E-state index in [0.717, 1.165) is 6.07 Å². The van der Waals surface area contributed by atoms with E-state index in [1.807, 2.05) is 0 Å². The highest BCUT2D eigenvalue weighted by Crippen LogP contribution is 2.24. The quantitative estimate of drug-likeness (QED) is 0.856. The van der Waals surface area contributed by atoms with Crippen molar-refractivity contribution in [3.05, 3.63) is 28.8 Å². The standard InChI is InChI=1S/C8H7BrF3NO/c9-2-4-1-6(10)5(3-14)7(13-4)8(11)12/h1,8,14H,2-3H2. The van der Waals surface area contributed by atoms with Crippen molar-refractivity contribution in [3.8, 4) is 0 Å². The van der Waals surface area contributed by atoms with Crippen LogP contribution in [0.2, 0.25) is 0 Å². The normalized spacial score (nSPS) is 11.0. The Labute approximate surface area is 86.9 Å². The van der Waals surface area contributed by atoms with Gasteiger partial charge in [-0.15, -0.1) is 0 Å². The van der Waals surface area contributed by atoms with E-state index in [2.05, 4.69) is 20.9 Å². The predicted molar refractivity (Wildman–Crippen MR) is 47.7 cm³/mol. The van der Waals surface area contributed by atoms with Gasteiger partial charge < -0.3 is 5.11 Å². The molecule has 0 bridgehead atoms. The molecule has 1 aromatic rings. The monoisotopic (exact) mass is 269 g/mol. The van der Waals surface area contributed by atoms with Crippen LogP contribution in [0.15, 0.2) is 6.07 Å². The highest BCUT2D eigenvalue weighted by atomic mass is 79.9. The molecule has 1 rings (SSSR count). The average molecular weight is 270 g/mol. The van der Waals surface area contributed by atoms with Gasteiger partial charge in [-0.25, -0.2) is 13.2 Å². The third kappa shape index (κ3) is 2.24. The maximum absolute atomic E-state index is 13.1. The van der Waals surface area contributed by atoms with Crippen LogP contribution in [0.5, 0.6) is 0 Å². The lowest BCUT2D eigenvalue weighted by molar-refractivity contribution is 0.140. The molecule has 0 atom stereocenters. The maximum atomic E-state index is 13.1. The summed E-state index contributed by atoms with van der Waals surface area (Å²) >= 11 is 2.98. The Morgan fingerprint density at radius 3 is 2.57 bits per heavy atom. The second-order valence-electron chi connectivity index (χ2n) is 2.55. The summed E-state index contributed by atoms with van der Waals surface area (Å²) < 4.78 is 37.8. The van der Waals surface area contributed by atoms with Gasteiger partial charge in [0.1, 0.15) is 11.5 Å². The second kappa shape index (κ2) is 4.75. The summed E-state index contributed by atoms with van der Waals surface area (Å²) in [5.74, 6) is -0.854. The first-order valence-electron chi connectivity index (χ1n) is 3.73. The van der Waals surface area contributed by atoms with Gasteiger partial charge >= 0.3 is 0 Å². The summed E-state index contributed by atoms with van der Waals surface area (Å²) in [4.78, 5) is 3.53. The molecular formula is C8H7BrF3NO. The molecule has 0 unspecified atom stereocenters. The fourth-order valence-corrected chi connectivity index (χ4v) is 1.30. The number of aliphatic hydroxyl groups excluding tert-OH is 1. The van der Waals surface area contributed by atoms with Gasteiger partial charge in [0.2, 0.25) is 0 Å². The summed E-state index contributed by atoms with van der Waals surface area (Å²) in [5, 5.41) is 8.88. The van der Waals surface area contributed by atoms with Crippen LogP contribution in [0.1, 0.15) is 23.4 Å². The van der Waals surface area contributed by atoms with Gasteiger partial charge in [-0.2, -0.15) is 0 Å². The van der Waals surface area contributed by atoms with Crippen LogP contribution in [-0.2, 0) is 11.9 Å². The van der Waals surface area contributed by atoms with Crippen molar-refractivity contribution in [2.75, 3.05) is 0 Å². The average Bonchev–Trinajstić information content (AvgIpc) is 2.16. The van der Waals surface area contributed by atoms with Crippen molar-refractivity contribution < 1.29 is 18.3 Å². The first-order chi connectivity index (χ1) is 6.60. The zero-order valence-electron chi connectivity index (χ0n) is 6.98. The van der Waals surface area contributed by atoms with Crippen molar-refractivity contribution in [2.24, 2.45) is 0 Å². The minimum Gasteiger partial charge on any atom is -0.391 e. The SMILES string of the molecule is OCc1c(F)cc(CBr)nc1C(F)F. The second-order valence-corrected chi connectivity index (χ2v) is 3.11. The van der Waals surface area contributed by atoms with E-state index >= 15 is 0 Å². The Morgan fingerprint density at radius 2 is 2.14 bits per heavy atom. The number of nitrogens with zero attached hydrogens (tertiary/aromatic N) is 1. The number of aliphatic hydroxyl groups is 1. The first-order valence-corrected chi connectivity index (χ1v) is 4.85. The molecule has 1 aromatic heterocycles. The Hall–Kier alpha value is -0.620. The lowest BCUT2D eigenvalue weighted by Crippen LogP contribution is -2.04. The Morgan fingerprint density at radius 1 is 1.50 bits per heavy atom. The summed E-state index contributed by atoms with van der Waals surface area (Å²) in [6.07, 6.45) is -2.88. The number of hydrogen-bond donors (Lipinski definition) is 1. The fraction of sp³-hybridized carbons (Fsp3) is 0.375. The highest BCUT2D eigenvalue weighted by molar-refractivity contribution is 9.08. The highest BCUT2D eigenvalue weighted by Gasteiger charge is 2.19. The fourth-order valence-electron chi connectivity index (χ4n) is 1.02. The third-order valence-corrected chi connectivity index (χ3v) is 2.23. The molecule has 0 aliphatic heterocycles. The predicted octanol–water partition coefficient (Wildman–Crippen LogP) is 2.55. The number of rotatable bonds is 3. The van der Waals surface area contributed by atoms with Gasteiger partial charge in [0, 0.05) is 10.9 Å². The molecule has 0 aliphatic rings. The van der Waals surface area contributed by atoms with Crippen LogP contribution in [-0.4, -0.2) is 10.1 Å². The molecule has 0 fully saturated rings. The topological polar surface area (TPSA) is 33.1 Å². The van der Waals surface area contributed by atoms with Crippen LogP contribution in [0, 0.1) is 5.82 Å². The van der Waals surface area contributed by atoms with Crippen LogP contribution in [0.3, 0.4) is 0 Å². The molecule has 0 spiro atoms. The Bertz CT molecular complexity index is 333. The molecule has 0 aliphatic carbocycles. The molecular weight excluding hydrogens is 263 g/mol. The molecule has 78 valence electrons. The molecule has 0 saturated carbocycles. The van der Waals surface area contributed by atoms with Gasteiger partial charge in [-0.05, 0) is 6.07 Å². The van der Waals surface area contributed by atoms with Crippen molar-refractivity contribution in [1.82, 2.24) is 4.98 Å². The minimum atomic E-state index is -2.88. The van der Waals surface area contributed by atoms with Gasteiger partial charge in [-0.3, -0.25) is 4.98 Å². The zero-order chi connectivity index (χ0) is 10.7. The smallest absolute Gasteiger partial charge is 0.280 e. The van der Waals surface area contributed by atoms with E-state index < -0.39 is 30.1 Å². The molecule has 1 N–H and O–H groups in total. The number of alkyl halides is 3. The summed E-state index contributed by atoms with van der Waals surface area (Å²) in [6.45, 7) is -0.777. The molecule has 1 heterocycles. The van der Waals surface area contributed by atoms with E-state index in [-0.39, 0.29) is 11.0 Å². The van der Waals surface area contributed by atoms with Gasteiger partial charge in [0.15, 0.2) is 0 Å². The summed E-state index contributed by atoms with van der Waals surface area (Å²) in [5.41, 5.74) is -0.957. The van der Waals surface area contributed by atoms with E-state index in [1.54, 1.807) is 0 Å². The van der Waals surface area contributed by atoms with Gasteiger partial charge in [0.25, 0.3) is 6.43 Å². The van der Waals surface area contributed by atoms with Crippen molar-refractivity contribution in [1.29, 1.82) is 0 Å². The molecule has 6 heteroatoms. The Kier molecular flexibility index (Phi) is 3.88. The molecule has 0 saturated heterocycles. The zero-order valence-corrected chi connectivity index (χ0v) is 8.56. The van der Waals surface area contributed by atoms with Crippen LogP contribution >= 0.6 is 15.9 Å². The number of aromatic nitrogens is 1. The first kappa shape index (κ1) is 11.5. The lowest BCUT2D eigenvalue weighted by atomic mass is 10.2. The van der Waals surface area contributed by atoms with Gasteiger partial charge in [0.05, 0.1) is 12.3 Å². The van der Waals surface area contributed by atoms with Crippen molar-refractivity contribution in [2.45, 2.75) is 18.4 Å². The third-order valence-electron chi connectivity index (χ3n) is 1.66. The minimum absolute atomic E-state index is 0.176. The summed E-state index contributed by atoms with van der Waals surface area (Å²) in [7, 11) is 0. The van der Waals surface area contributed by atoms with Crippen LogP contribution in [0.25, 0.3) is 0 Å². The maximum Gasteiger partial charge on any atom is 0.280 e. The van der Waals surface area contributed by atoms with Crippen molar-refractivity contribution in [3.63, 3.8) is 0 Å².